The predicted molar refractivity (Wildman–Crippen MR) is 120 cm³/mol. The molecular weight excluding hydrogens is 434 g/mol. The number of hydrogen-bond donors (Lipinski definition) is 3. The van der Waals surface area contributed by atoms with Crippen LogP contribution in [0.1, 0.15) is 20.3 Å². The van der Waals surface area contributed by atoms with Crippen LogP contribution in [0.3, 0.4) is 0 Å². The second-order valence-electron chi connectivity index (χ2n) is 9.19. The number of aliphatic hydroxyl groups is 1. The van der Waals surface area contributed by atoms with Crippen molar-refractivity contribution in [2.24, 2.45) is 10.9 Å². The van der Waals surface area contributed by atoms with Gasteiger partial charge in [-0.1, -0.05) is 6.92 Å². The molecule has 4 heterocycles. The summed E-state index contributed by atoms with van der Waals surface area (Å²) in [6, 6.07) is -0.748. The summed E-state index contributed by atoms with van der Waals surface area (Å²) in [4.78, 5) is 47.3. The van der Waals surface area contributed by atoms with Crippen LogP contribution in [0.4, 0.5) is 0 Å². The number of aliphatic imine (C=N–C) groups is 1. The van der Waals surface area contributed by atoms with E-state index in [-0.39, 0.29) is 34.7 Å². The summed E-state index contributed by atoms with van der Waals surface area (Å²) in [5.41, 5.74) is -0.00886. The molecule has 5 unspecified atom stereocenters. The molecule has 2 amide bonds. The summed E-state index contributed by atoms with van der Waals surface area (Å²) in [6.07, 6.45) is 1.20. The van der Waals surface area contributed by atoms with E-state index < -0.39 is 22.9 Å². The molecule has 0 aromatic heterocycles. The fraction of sp³-hybridized carbons (Fsp3) is 0.714. The third kappa shape index (κ3) is 3.50. The van der Waals surface area contributed by atoms with E-state index in [2.05, 4.69) is 10.3 Å². The van der Waals surface area contributed by atoms with Crippen LogP contribution >= 0.6 is 11.8 Å². The third-order valence-electron chi connectivity index (χ3n) is 6.86. The molecule has 2 fully saturated rings. The van der Waals surface area contributed by atoms with Gasteiger partial charge in [0, 0.05) is 32.4 Å². The average molecular weight is 466 g/mol. The number of rotatable bonds is 5. The quantitative estimate of drug-likeness (QED) is 0.451. The molecule has 10 nitrogen and oxygen atoms in total. The van der Waals surface area contributed by atoms with Crippen LogP contribution in [0.25, 0.3) is 0 Å². The fourth-order valence-corrected chi connectivity index (χ4v) is 7.11. The Morgan fingerprint density at radius 1 is 1.41 bits per heavy atom. The van der Waals surface area contributed by atoms with Crippen molar-refractivity contribution < 1.29 is 24.6 Å². The lowest BCUT2D eigenvalue weighted by atomic mass is 9.78. The Hall–Kier alpha value is -2.11. The monoisotopic (exact) mass is 465 g/mol. The number of carbonyl (C=O) groups is 3. The molecule has 0 aromatic rings. The molecule has 0 aromatic carbocycles. The summed E-state index contributed by atoms with van der Waals surface area (Å²) in [6.45, 7) is 5.66. The number of amidine groups is 1. The van der Waals surface area contributed by atoms with Crippen LogP contribution in [-0.2, 0) is 14.4 Å². The molecular formula is C21H31N5O5S. The summed E-state index contributed by atoms with van der Waals surface area (Å²) >= 11 is 1.39. The Morgan fingerprint density at radius 3 is 2.75 bits per heavy atom. The van der Waals surface area contributed by atoms with Gasteiger partial charge in [0.1, 0.15) is 16.3 Å². The van der Waals surface area contributed by atoms with Crippen LogP contribution in [0, 0.1) is 5.92 Å². The summed E-state index contributed by atoms with van der Waals surface area (Å²) in [7, 11) is 3.83. The molecule has 3 N–H and O–H groups in total. The van der Waals surface area contributed by atoms with E-state index >= 15 is 0 Å². The van der Waals surface area contributed by atoms with E-state index in [4.69, 9.17) is 0 Å². The molecule has 6 atom stereocenters. The maximum absolute atomic E-state index is 13.1. The Kier molecular flexibility index (Phi) is 6.01. The molecule has 4 aliphatic heterocycles. The Bertz CT molecular complexity index is 890. The molecule has 0 spiro atoms. The van der Waals surface area contributed by atoms with Gasteiger partial charge < -0.3 is 25.3 Å². The van der Waals surface area contributed by atoms with Gasteiger partial charge in [-0.05, 0) is 25.3 Å². The number of nitrogens with zero attached hydrogens (tertiary/aromatic N) is 4. The van der Waals surface area contributed by atoms with Gasteiger partial charge in [-0.25, -0.2) is 4.79 Å². The van der Waals surface area contributed by atoms with E-state index in [1.165, 1.54) is 16.7 Å². The van der Waals surface area contributed by atoms with Crippen LogP contribution in [0.15, 0.2) is 16.8 Å². The lowest BCUT2D eigenvalue weighted by Crippen LogP contribution is -2.76. The molecule has 0 aliphatic carbocycles. The number of nitrogens with one attached hydrogen (secondary N) is 1. The number of thioether (sulfide) groups is 1. The number of β-lactam (4-membered cyclic amide) rings is 1. The van der Waals surface area contributed by atoms with Crippen molar-refractivity contribution >= 4 is 35.4 Å². The fourth-order valence-electron chi connectivity index (χ4n) is 5.24. The molecule has 2 saturated heterocycles. The zero-order chi connectivity index (χ0) is 23.4. The van der Waals surface area contributed by atoms with Crippen LogP contribution in [-0.4, -0.2) is 117 Å². The van der Waals surface area contributed by atoms with Crippen molar-refractivity contribution in [2.45, 2.75) is 48.5 Å². The largest absolute Gasteiger partial charge is 0.477 e. The Morgan fingerprint density at radius 2 is 2.12 bits per heavy atom. The number of carboxylic acids is 1. The maximum atomic E-state index is 13.1. The Labute approximate surface area is 191 Å². The van der Waals surface area contributed by atoms with Gasteiger partial charge in [-0.3, -0.25) is 19.5 Å². The predicted octanol–water partition coefficient (Wildman–Crippen LogP) is -0.799. The average Bonchev–Trinajstić information content (AvgIpc) is 3.34. The molecule has 4 aliphatic rings. The molecule has 0 radical (unpaired) electrons. The number of aliphatic carboxylic acids is 1. The van der Waals surface area contributed by atoms with E-state index in [1.807, 2.05) is 30.8 Å². The standard InChI is InChI=1S/C21H31N5O5S/c1-11-7-15(19(29)30)26-17(11)21(12(2)27,20(26)31)32-13-8-14(23-9-13)18(28)25-6-5-22-16(10-25)24(3)4/h7,11-14,17,23,27H,5-6,8-10H2,1-4H3,(H,29,30)/t11?,12?,13?,14?,17-,21?/m0/s1. The molecule has 0 bridgehead atoms. The zero-order valence-corrected chi connectivity index (χ0v) is 19.6. The first kappa shape index (κ1) is 23.1. The molecule has 32 heavy (non-hydrogen) atoms. The van der Waals surface area contributed by atoms with Crippen molar-refractivity contribution in [3.8, 4) is 0 Å². The van der Waals surface area contributed by atoms with Gasteiger partial charge in [0.05, 0.1) is 31.3 Å². The summed E-state index contributed by atoms with van der Waals surface area (Å²) < 4.78 is -1.10. The summed E-state index contributed by atoms with van der Waals surface area (Å²) in [5, 5.41) is 23.3. The van der Waals surface area contributed by atoms with E-state index in [0.717, 1.165) is 5.84 Å². The van der Waals surface area contributed by atoms with Crippen LogP contribution in [0.5, 0.6) is 0 Å². The van der Waals surface area contributed by atoms with E-state index in [1.54, 1.807) is 13.0 Å². The first-order chi connectivity index (χ1) is 15.1. The van der Waals surface area contributed by atoms with Gasteiger partial charge in [0.2, 0.25) is 11.8 Å². The van der Waals surface area contributed by atoms with Crippen molar-refractivity contribution in [3.05, 3.63) is 11.8 Å². The lowest BCUT2D eigenvalue weighted by molar-refractivity contribution is -0.158. The minimum atomic E-state index is -1.13. The lowest BCUT2D eigenvalue weighted by Gasteiger charge is -2.56. The van der Waals surface area contributed by atoms with Gasteiger partial charge >= 0.3 is 5.97 Å². The van der Waals surface area contributed by atoms with Crippen LogP contribution in [0.2, 0.25) is 0 Å². The minimum absolute atomic E-state index is 0.00886. The zero-order valence-electron chi connectivity index (χ0n) is 18.8. The highest BCUT2D eigenvalue weighted by atomic mass is 32.2. The van der Waals surface area contributed by atoms with Crippen molar-refractivity contribution in [1.82, 2.24) is 20.0 Å². The number of amides is 2. The second kappa shape index (κ2) is 8.35. The maximum Gasteiger partial charge on any atom is 0.352 e. The second-order valence-corrected chi connectivity index (χ2v) is 10.8. The number of hydrogen-bond acceptors (Lipinski definition) is 8. The molecule has 4 rings (SSSR count). The van der Waals surface area contributed by atoms with Gasteiger partial charge in [0.15, 0.2) is 0 Å². The highest BCUT2D eigenvalue weighted by molar-refractivity contribution is 8.02. The first-order valence-electron chi connectivity index (χ1n) is 10.9. The number of carboxylic acid groups (broad SMARTS) is 1. The topological polar surface area (TPSA) is 126 Å². The first-order valence-corrected chi connectivity index (χ1v) is 11.8. The minimum Gasteiger partial charge on any atom is -0.477 e. The number of fused-ring (bicyclic) bond motifs is 1. The molecule has 11 heteroatoms. The van der Waals surface area contributed by atoms with Crippen LogP contribution < -0.4 is 5.32 Å². The van der Waals surface area contributed by atoms with E-state index in [9.17, 15) is 24.6 Å². The van der Waals surface area contributed by atoms with Crippen molar-refractivity contribution in [2.75, 3.05) is 40.3 Å². The van der Waals surface area contributed by atoms with E-state index in [0.29, 0.717) is 32.6 Å². The molecule has 176 valence electrons. The van der Waals surface area contributed by atoms with Gasteiger partial charge in [-0.2, -0.15) is 0 Å². The highest BCUT2D eigenvalue weighted by Gasteiger charge is 2.69. The molecule has 0 saturated carbocycles. The number of carbonyl (C=O) groups excluding carboxylic acids is 2. The number of likely N-dealkylation sites (N-methyl/N-ethyl adjacent to an activating group) is 1. The van der Waals surface area contributed by atoms with Gasteiger partial charge in [-0.15, -0.1) is 11.8 Å². The normalized spacial score (nSPS) is 35.1. The Balaban J connectivity index is 1.44. The summed E-state index contributed by atoms with van der Waals surface area (Å²) in [5.74, 6) is -0.770. The SMILES string of the molecule is CC1C=C(C(=O)O)N2C(=O)C(SC3CNC(C(=O)N4CCN=C(N(C)C)C4)C3)(C(C)O)[C@H]12. The van der Waals surface area contributed by atoms with Gasteiger partial charge in [0.25, 0.3) is 0 Å². The van der Waals surface area contributed by atoms with Crippen molar-refractivity contribution in [1.29, 1.82) is 0 Å². The number of aliphatic hydroxyl groups excluding tert-OH is 1. The highest BCUT2D eigenvalue weighted by Crippen LogP contribution is 2.55. The third-order valence-corrected chi connectivity index (χ3v) is 8.70. The van der Waals surface area contributed by atoms with Crippen molar-refractivity contribution in [3.63, 3.8) is 0 Å². The smallest absolute Gasteiger partial charge is 0.352 e.